The number of carbonyl (C=O) groups excluding carboxylic acids is 1. The van der Waals surface area contributed by atoms with Crippen LogP contribution in [-0.2, 0) is 19.1 Å². The molecule has 0 aliphatic heterocycles. The normalized spacial score (nSPS) is 9.83. The fourth-order valence-corrected chi connectivity index (χ4v) is 0.736. The quantitative estimate of drug-likeness (QED) is 0.526. The van der Waals surface area contributed by atoms with Crippen molar-refractivity contribution in [3.63, 3.8) is 0 Å². The van der Waals surface area contributed by atoms with Crippen LogP contribution in [0, 0.1) is 0 Å². The van der Waals surface area contributed by atoms with E-state index >= 15 is 0 Å². The fourth-order valence-electron chi connectivity index (χ4n) is 0.245. The molecule has 0 atom stereocenters. The Morgan fingerprint density at radius 2 is 1.92 bits per heavy atom. The summed E-state index contributed by atoms with van der Waals surface area (Å²) in [6.07, 6.45) is 0. The van der Waals surface area contributed by atoms with Crippen molar-refractivity contribution in [2.45, 2.75) is 13.8 Å². The van der Waals surface area contributed by atoms with Crippen LogP contribution in [-0.4, -0.2) is 20.1 Å². The molecule has 0 fully saturated rings. The van der Waals surface area contributed by atoms with Gasteiger partial charge in [0.15, 0.2) is 0 Å². The van der Waals surface area contributed by atoms with Crippen molar-refractivity contribution in [3.8, 4) is 0 Å². The zero-order valence-corrected chi connectivity index (χ0v) is 7.98. The van der Waals surface area contributed by atoms with E-state index in [2.05, 4.69) is 10.8 Å². The van der Waals surface area contributed by atoms with Gasteiger partial charge in [-0.3, -0.25) is 0 Å². The summed E-state index contributed by atoms with van der Waals surface area (Å²) in [5, 5.41) is 0. The molecule has 72 valence electrons. The van der Waals surface area contributed by atoms with Gasteiger partial charge in [0.05, 0.1) is 5.75 Å². The van der Waals surface area contributed by atoms with Crippen LogP contribution in [0.4, 0.5) is 0 Å². The molecule has 3 N–H and O–H groups in total. The predicted molar refractivity (Wildman–Crippen MR) is 45.4 cm³/mol. The van der Waals surface area contributed by atoms with E-state index in [1.165, 1.54) is 13.8 Å². The summed E-state index contributed by atoms with van der Waals surface area (Å²) in [6, 6.07) is 0. The Hall–Kier alpha value is -0.880. The minimum absolute atomic E-state index is 0. The number of carbonyl (C=O) groups is 1. The van der Waals surface area contributed by atoms with Crippen molar-refractivity contribution in [2.24, 2.45) is 0 Å². The van der Waals surface area contributed by atoms with Crippen molar-refractivity contribution in [1.82, 2.24) is 6.15 Å². The maximum atomic E-state index is 10.6. The highest BCUT2D eigenvalue weighted by atomic mass is 32.2. The summed E-state index contributed by atoms with van der Waals surface area (Å²) in [5.41, 5.74) is 0.0713. The van der Waals surface area contributed by atoms with Crippen LogP contribution in [0.15, 0.2) is 12.2 Å². The molecular weight excluding hydrogens is 182 g/mol. The topological polar surface area (TPSA) is 95.4 Å². The van der Waals surface area contributed by atoms with E-state index in [-0.39, 0.29) is 17.5 Å². The highest BCUT2D eigenvalue weighted by Crippen LogP contribution is 1.98. The number of hydrogen-bond acceptors (Lipinski definition) is 5. The molecule has 0 heterocycles. The first kappa shape index (κ1) is 13.7. The third-order valence-corrected chi connectivity index (χ3v) is 2.02. The van der Waals surface area contributed by atoms with Gasteiger partial charge in [0, 0.05) is 5.57 Å². The molecular formula is C6H13NO4S. The van der Waals surface area contributed by atoms with E-state index in [1.54, 1.807) is 0 Å². The highest BCUT2D eigenvalue weighted by molar-refractivity contribution is 7.87. The zero-order valence-electron chi connectivity index (χ0n) is 7.16. The van der Waals surface area contributed by atoms with Crippen LogP contribution in [0.2, 0.25) is 0 Å². The average Bonchev–Trinajstić information content (AvgIpc) is 1.87. The second-order valence-corrected chi connectivity index (χ2v) is 3.86. The predicted octanol–water partition coefficient (Wildman–Crippen LogP) is 0.617. The Bertz CT molecular complexity index is 267. The lowest BCUT2D eigenvalue weighted by Crippen LogP contribution is -2.14. The van der Waals surface area contributed by atoms with Crippen molar-refractivity contribution in [3.05, 3.63) is 12.2 Å². The lowest BCUT2D eigenvalue weighted by atomic mass is 10.4. The summed E-state index contributed by atoms with van der Waals surface area (Å²) in [5.74, 6) is -1.11. The van der Waals surface area contributed by atoms with Crippen molar-refractivity contribution >= 4 is 16.1 Å². The van der Waals surface area contributed by atoms with Crippen molar-refractivity contribution in [1.29, 1.82) is 0 Å². The van der Waals surface area contributed by atoms with E-state index in [1.807, 2.05) is 0 Å². The van der Waals surface area contributed by atoms with Crippen LogP contribution >= 0.6 is 0 Å². The molecule has 0 radical (unpaired) electrons. The Balaban J connectivity index is 0. The van der Waals surface area contributed by atoms with Gasteiger partial charge in [0.25, 0.3) is 0 Å². The van der Waals surface area contributed by atoms with Gasteiger partial charge in [-0.05, 0) is 13.8 Å². The molecule has 0 aromatic rings. The third-order valence-electron chi connectivity index (χ3n) is 0.905. The minimum atomic E-state index is -3.67. The second kappa shape index (κ2) is 4.89. The second-order valence-electron chi connectivity index (χ2n) is 2.00. The minimum Gasteiger partial charge on any atom is -0.344 e. The lowest BCUT2D eigenvalue weighted by molar-refractivity contribution is -0.129. The summed E-state index contributed by atoms with van der Waals surface area (Å²) in [6.45, 7) is 6.01. The van der Waals surface area contributed by atoms with Crippen LogP contribution in [0.1, 0.15) is 13.8 Å². The van der Waals surface area contributed by atoms with E-state index < -0.39 is 16.1 Å². The molecule has 0 aromatic heterocycles. The maximum absolute atomic E-state index is 10.6. The Kier molecular flexibility index (Phi) is 5.58. The van der Waals surface area contributed by atoms with Gasteiger partial charge in [0.1, 0.15) is 0 Å². The van der Waals surface area contributed by atoms with Crippen LogP contribution < -0.4 is 6.15 Å². The first-order chi connectivity index (χ1) is 4.89. The Morgan fingerprint density at radius 1 is 1.50 bits per heavy atom. The first-order valence-electron chi connectivity index (χ1n) is 3.01. The summed E-state index contributed by atoms with van der Waals surface area (Å²) < 4.78 is 25.3. The summed E-state index contributed by atoms with van der Waals surface area (Å²) in [7, 11) is -3.67. The molecule has 0 spiro atoms. The van der Waals surface area contributed by atoms with Gasteiger partial charge >= 0.3 is 16.1 Å². The van der Waals surface area contributed by atoms with E-state index in [0.717, 1.165) is 0 Å². The zero-order chi connectivity index (χ0) is 9.07. The largest absolute Gasteiger partial charge is 0.348 e. The molecule has 0 aliphatic carbocycles. The molecule has 0 rings (SSSR count). The Morgan fingerprint density at radius 3 is 2.17 bits per heavy atom. The molecule has 0 bridgehead atoms. The van der Waals surface area contributed by atoms with Gasteiger partial charge < -0.3 is 10.3 Å². The van der Waals surface area contributed by atoms with Gasteiger partial charge in [-0.25, -0.2) is 4.79 Å². The molecule has 0 amide bonds. The average molecular weight is 195 g/mol. The van der Waals surface area contributed by atoms with Gasteiger partial charge in [0.2, 0.25) is 0 Å². The maximum Gasteiger partial charge on any atom is 0.348 e. The van der Waals surface area contributed by atoms with Gasteiger partial charge in [-0.15, -0.1) is 0 Å². The van der Waals surface area contributed by atoms with E-state index in [0.29, 0.717) is 0 Å². The molecule has 0 aromatic carbocycles. The molecule has 12 heavy (non-hydrogen) atoms. The van der Waals surface area contributed by atoms with E-state index in [4.69, 9.17) is 0 Å². The number of hydrogen-bond donors (Lipinski definition) is 1. The fraction of sp³-hybridized carbons (Fsp3) is 0.500. The Labute approximate surface area is 72.1 Å². The summed E-state index contributed by atoms with van der Waals surface area (Å²) >= 11 is 0. The third kappa shape index (κ3) is 4.86. The number of rotatable bonds is 3. The molecule has 0 saturated carbocycles. The van der Waals surface area contributed by atoms with Crippen molar-refractivity contribution < 1.29 is 17.4 Å². The lowest BCUT2D eigenvalue weighted by Gasteiger charge is -2.00. The van der Waals surface area contributed by atoms with Gasteiger partial charge in [-0.2, -0.15) is 8.42 Å². The highest BCUT2D eigenvalue weighted by Gasteiger charge is 2.14. The molecule has 0 saturated heterocycles. The molecule has 6 heteroatoms. The monoisotopic (exact) mass is 195 g/mol. The molecule has 5 nitrogen and oxygen atoms in total. The molecule has 0 aliphatic rings. The van der Waals surface area contributed by atoms with E-state index in [9.17, 15) is 13.2 Å². The van der Waals surface area contributed by atoms with Crippen molar-refractivity contribution in [2.75, 3.05) is 5.75 Å². The van der Waals surface area contributed by atoms with Crippen LogP contribution in [0.3, 0.4) is 0 Å². The smallest absolute Gasteiger partial charge is 0.344 e. The summed E-state index contributed by atoms with van der Waals surface area (Å²) in [4.78, 5) is 10.6. The SMILES string of the molecule is C=C(C)C(=O)OS(=O)(=O)CC.N. The standard InChI is InChI=1S/C6H10O4S.H3N/c1-4-11(8,9)10-6(7)5(2)3;/h2,4H2,1,3H3;1H3. The first-order valence-corrected chi connectivity index (χ1v) is 4.58. The molecule has 0 unspecified atom stereocenters. The van der Waals surface area contributed by atoms with Crippen LogP contribution in [0.5, 0.6) is 0 Å². The van der Waals surface area contributed by atoms with Gasteiger partial charge in [-0.1, -0.05) is 6.58 Å². The van der Waals surface area contributed by atoms with Crippen LogP contribution in [0.25, 0.3) is 0 Å².